The molecular weight excluding hydrogens is 275 g/mol. The molecule has 5 nitrogen and oxygen atoms in total. The number of nitrogens with zero attached hydrogens (tertiary/aromatic N) is 1. The molecule has 2 heterocycles. The molecule has 1 aliphatic rings. The first-order chi connectivity index (χ1) is 8.29. The van der Waals surface area contributed by atoms with Gasteiger partial charge in [-0.05, 0) is 17.5 Å². The van der Waals surface area contributed by atoms with E-state index in [9.17, 15) is 21.6 Å². The lowest BCUT2D eigenvalue weighted by Crippen LogP contribution is -2.28. The van der Waals surface area contributed by atoms with Crippen LogP contribution in [0.15, 0.2) is 12.3 Å². The summed E-state index contributed by atoms with van der Waals surface area (Å²) >= 11 is 0. The average Bonchev–Trinajstić information content (AvgIpc) is 2.27. The van der Waals surface area contributed by atoms with E-state index >= 15 is 0 Å². The van der Waals surface area contributed by atoms with Crippen molar-refractivity contribution in [3.63, 3.8) is 0 Å². The summed E-state index contributed by atoms with van der Waals surface area (Å²) < 4.78 is 66.9. The molecular formula is C9H8F3NO4S. The molecule has 0 bridgehead atoms. The molecule has 1 aliphatic heterocycles. The molecule has 0 saturated heterocycles. The van der Waals surface area contributed by atoms with Crippen LogP contribution in [0.3, 0.4) is 0 Å². The second kappa shape index (κ2) is 4.39. The predicted octanol–water partition coefficient (Wildman–Crippen LogP) is 1.38. The van der Waals surface area contributed by atoms with Crippen LogP contribution < -0.4 is 4.18 Å². The molecule has 9 heteroatoms. The van der Waals surface area contributed by atoms with Crippen LogP contribution in [0.2, 0.25) is 0 Å². The summed E-state index contributed by atoms with van der Waals surface area (Å²) in [4.78, 5) is 3.51. The minimum atomic E-state index is -5.67. The zero-order chi connectivity index (χ0) is 13.4. The van der Waals surface area contributed by atoms with Crippen molar-refractivity contribution in [1.82, 2.24) is 4.98 Å². The van der Waals surface area contributed by atoms with Gasteiger partial charge in [0.15, 0.2) is 0 Å². The fourth-order valence-electron chi connectivity index (χ4n) is 1.44. The number of hydrogen-bond acceptors (Lipinski definition) is 5. The lowest BCUT2D eigenvalue weighted by molar-refractivity contribution is -0.0501. The van der Waals surface area contributed by atoms with E-state index < -0.39 is 21.5 Å². The third-order valence-corrected chi connectivity index (χ3v) is 3.27. The van der Waals surface area contributed by atoms with Crippen LogP contribution in [0.5, 0.6) is 5.88 Å². The van der Waals surface area contributed by atoms with Gasteiger partial charge in [-0.2, -0.15) is 21.6 Å². The fourth-order valence-corrected chi connectivity index (χ4v) is 1.85. The maximum Gasteiger partial charge on any atom is 0.534 e. The summed E-state index contributed by atoms with van der Waals surface area (Å²) in [5, 5.41) is 0. The SMILES string of the molecule is O=S(=O)(Oc1cc2c(cn1)COCC2)C(F)(F)F. The van der Waals surface area contributed by atoms with Crippen molar-refractivity contribution in [2.45, 2.75) is 18.5 Å². The zero-order valence-electron chi connectivity index (χ0n) is 8.90. The first kappa shape index (κ1) is 13.1. The number of hydrogen-bond donors (Lipinski definition) is 0. The molecule has 2 rings (SSSR count). The van der Waals surface area contributed by atoms with Crippen LogP contribution >= 0.6 is 0 Å². The Bertz CT molecular complexity index is 555. The number of halogens is 3. The van der Waals surface area contributed by atoms with Gasteiger partial charge in [-0.3, -0.25) is 0 Å². The maximum atomic E-state index is 12.1. The largest absolute Gasteiger partial charge is 0.534 e. The number of rotatable bonds is 2. The third kappa shape index (κ3) is 2.56. The van der Waals surface area contributed by atoms with Gasteiger partial charge < -0.3 is 8.92 Å². The standard InChI is InChI=1S/C9H8F3NO4S/c10-9(11,12)18(14,15)17-8-3-6-1-2-16-5-7(6)4-13-8/h3-4H,1-2,5H2. The first-order valence-electron chi connectivity index (χ1n) is 4.86. The van der Waals surface area contributed by atoms with E-state index in [-0.39, 0.29) is 0 Å². The van der Waals surface area contributed by atoms with Crippen LogP contribution in [-0.2, 0) is 27.9 Å². The van der Waals surface area contributed by atoms with Crippen LogP contribution in [0, 0.1) is 0 Å². The topological polar surface area (TPSA) is 65.5 Å². The molecule has 0 spiro atoms. The lowest BCUT2D eigenvalue weighted by Gasteiger charge is -2.16. The summed E-state index contributed by atoms with van der Waals surface area (Å²) in [6, 6.07) is 1.18. The Morgan fingerprint density at radius 3 is 2.72 bits per heavy atom. The number of fused-ring (bicyclic) bond motifs is 1. The van der Waals surface area contributed by atoms with Gasteiger partial charge in [0.05, 0.1) is 13.2 Å². The molecule has 1 aromatic rings. The molecule has 0 N–H and O–H groups in total. The van der Waals surface area contributed by atoms with E-state index in [0.717, 1.165) is 0 Å². The molecule has 0 amide bonds. The van der Waals surface area contributed by atoms with Crippen LogP contribution in [0.4, 0.5) is 13.2 Å². The molecule has 0 atom stereocenters. The molecule has 100 valence electrons. The fraction of sp³-hybridized carbons (Fsp3) is 0.444. The number of pyridine rings is 1. The molecule has 0 fully saturated rings. The molecule has 0 unspecified atom stereocenters. The molecule has 1 aromatic heterocycles. The van der Waals surface area contributed by atoms with Gasteiger partial charge in [-0.15, -0.1) is 0 Å². The highest BCUT2D eigenvalue weighted by Crippen LogP contribution is 2.27. The summed E-state index contributed by atoms with van der Waals surface area (Å²) in [6.07, 6.45) is 1.72. The lowest BCUT2D eigenvalue weighted by atomic mass is 10.1. The van der Waals surface area contributed by atoms with Crippen LogP contribution in [0.25, 0.3) is 0 Å². The summed E-state index contributed by atoms with van der Waals surface area (Å²) in [7, 11) is -5.67. The van der Waals surface area contributed by atoms with E-state index in [1.54, 1.807) is 0 Å². The third-order valence-electron chi connectivity index (χ3n) is 2.31. The van der Waals surface area contributed by atoms with Crippen molar-refractivity contribution in [3.8, 4) is 5.88 Å². The van der Waals surface area contributed by atoms with Gasteiger partial charge in [-0.1, -0.05) is 0 Å². The Morgan fingerprint density at radius 1 is 1.33 bits per heavy atom. The summed E-state index contributed by atoms with van der Waals surface area (Å²) in [5.74, 6) is -0.590. The van der Waals surface area contributed by atoms with Crippen molar-refractivity contribution < 1.29 is 30.5 Å². The van der Waals surface area contributed by atoms with Crippen LogP contribution in [0.1, 0.15) is 11.1 Å². The van der Waals surface area contributed by atoms with Crippen molar-refractivity contribution in [3.05, 3.63) is 23.4 Å². The first-order valence-corrected chi connectivity index (χ1v) is 6.27. The highest BCUT2D eigenvalue weighted by molar-refractivity contribution is 7.87. The Balaban J connectivity index is 2.26. The summed E-state index contributed by atoms with van der Waals surface area (Å²) in [6.45, 7) is 0.719. The van der Waals surface area contributed by atoms with E-state index in [2.05, 4.69) is 9.17 Å². The van der Waals surface area contributed by atoms with Crippen molar-refractivity contribution in [1.29, 1.82) is 0 Å². The van der Waals surface area contributed by atoms with Crippen molar-refractivity contribution >= 4 is 10.1 Å². The predicted molar refractivity (Wildman–Crippen MR) is 53.2 cm³/mol. The highest BCUT2D eigenvalue weighted by atomic mass is 32.2. The number of alkyl halides is 3. The highest BCUT2D eigenvalue weighted by Gasteiger charge is 2.48. The van der Waals surface area contributed by atoms with Gasteiger partial charge in [0.25, 0.3) is 0 Å². The minimum absolute atomic E-state index is 0.300. The smallest absolute Gasteiger partial charge is 0.376 e. The van der Waals surface area contributed by atoms with Gasteiger partial charge in [0.2, 0.25) is 5.88 Å². The van der Waals surface area contributed by atoms with Crippen LogP contribution in [-0.4, -0.2) is 25.5 Å². The molecule has 0 aromatic carbocycles. The van der Waals surface area contributed by atoms with E-state index in [0.29, 0.717) is 30.8 Å². The molecule has 0 saturated carbocycles. The Labute approximate surface area is 101 Å². The number of ether oxygens (including phenoxy) is 1. The zero-order valence-corrected chi connectivity index (χ0v) is 9.71. The normalized spacial score (nSPS) is 16.2. The average molecular weight is 283 g/mol. The molecule has 18 heavy (non-hydrogen) atoms. The Morgan fingerprint density at radius 2 is 2.06 bits per heavy atom. The quantitative estimate of drug-likeness (QED) is 0.606. The van der Waals surface area contributed by atoms with Gasteiger partial charge >= 0.3 is 15.6 Å². The molecule has 0 radical (unpaired) electrons. The van der Waals surface area contributed by atoms with Gasteiger partial charge in [0, 0.05) is 12.3 Å². The Hall–Kier alpha value is -1.35. The van der Waals surface area contributed by atoms with E-state index in [1.165, 1.54) is 12.3 Å². The van der Waals surface area contributed by atoms with E-state index in [1.807, 2.05) is 0 Å². The van der Waals surface area contributed by atoms with Crippen molar-refractivity contribution in [2.75, 3.05) is 6.61 Å². The summed E-state index contributed by atoms with van der Waals surface area (Å²) in [5.41, 5.74) is -4.09. The van der Waals surface area contributed by atoms with Gasteiger partial charge in [0.1, 0.15) is 0 Å². The monoisotopic (exact) mass is 283 g/mol. The van der Waals surface area contributed by atoms with Gasteiger partial charge in [-0.25, -0.2) is 4.98 Å². The van der Waals surface area contributed by atoms with Crippen molar-refractivity contribution in [2.24, 2.45) is 0 Å². The second-order valence-electron chi connectivity index (χ2n) is 3.58. The molecule has 0 aliphatic carbocycles. The second-order valence-corrected chi connectivity index (χ2v) is 5.11. The van der Waals surface area contributed by atoms with E-state index in [4.69, 9.17) is 4.74 Å². The number of aromatic nitrogens is 1. The minimum Gasteiger partial charge on any atom is -0.376 e. The Kier molecular flexibility index (Phi) is 3.20. The maximum absolute atomic E-state index is 12.1.